The summed E-state index contributed by atoms with van der Waals surface area (Å²) in [5.41, 5.74) is 2.19. The molecule has 1 aliphatic rings. The molecule has 1 aliphatic heterocycles. The van der Waals surface area contributed by atoms with Crippen LogP contribution in [0, 0.1) is 6.92 Å². The van der Waals surface area contributed by atoms with Crippen LogP contribution in [0.15, 0.2) is 36.4 Å². The predicted octanol–water partition coefficient (Wildman–Crippen LogP) is 3.47. The van der Waals surface area contributed by atoms with Gasteiger partial charge in [-0.2, -0.15) is 9.61 Å². The molecule has 3 heterocycles. The molecule has 0 spiro atoms. The zero-order valence-electron chi connectivity index (χ0n) is 18.7. The Balaban J connectivity index is 1.53. The number of Topliss-reactive ketones (excluding diaryl/α,β-unsaturated/α-hetero) is 1. The molecule has 0 radical (unpaired) electrons. The molecule has 0 aliphatic carbocycles. The number of aromatic nitrogens is 3. The number of amides is 1. The van der Waals surface area contributed by atoms with E-state index in [-0.39, 0.29) is 35.5 Å². The van der Waals surface area contributed by atoms with Crippen molar-refractivity contribution in [2.24, 2.45) is 0 Å². The highest BCUT2D eigenvalue weighted by molar-refractivity contribution is 5.97. The molecule has 180 valence electrons. The summed E-state index contributed by atoms with van der Waals surface area (Å²) in [4.78, 5) is 30.9. The first-order chi connectivity index (χ1) is 16.1. The Bertz CT molecular complexity index is 1200. The molecule has 4 rings (SSSR count). The van der Waals surface area contributed by atoms with Gasteiger partial charge in [-0.3, -0.25) is 9.59 Å². The second kappa shape index (κ2) is 9.32. The summed E-state index contributed by atoms with van der Waals surface area (Å²) in [5.74, 6) is 0.0904. The molecule has 0 bridgehead atoms. The third-order valence-electron chi connectivity index (χ3n) is 5.56. The van der Waals surface area contributed by atoms with Gasteiger partial charge in [-0.05, 0) is 44.0 Å². The molecular weight excluding hydrogens is 451 g/mol. The fourth-order valence-electron chi connectivity index (χ4n) is 4.09. The van der Waals surface area contributed by atoms with Gasteiger partial charge in [0.05, 0.1) is 17.8 Å². The lowest BCUT2D eigenvalue weighted by Gasteiger charge is -2.33. The van der Waals surface area contributed by atoms with Crippen LogP contribution < -0.4 is 15.0 Å². The van der Waals surface area contributed by atoms with Crippen molar-refractivity contribution >= 4 is 23.2 Å². The number of aryl methyl sites for hydroxylation is 1. The summed E-state index contributed by atoms with van der Waals surface area (Å²) < 4.78 is 42.7. The second-order valence-corrected chi connectivity index (χ2v) is 8.30. The number of fused-ring (bicyclic) bond motifs is 1. The van der Waals surface area contributed by atoms with Crippen LogP contribution in [0.2, 0.25) is 0 Å². The van der Waals surface area contributed by atoms with Gasteiger partial charge in [0.2, 0.25) is 5.91 Å². The molecule has 1 saturated heterocycles. The molecule has 2 aromatic heterocycles. The molecule has 1 amide bonds. The Morgan fingerprint density at radius 2 is 1.82 bits per heavy atom. The number of benzene rings is 1. The molecule has 1 N–H and O–H groups in total. The highest BCUT2D eigenvalue weighted by Gasteiger charge is 2.31. The first-order valence-corrected chi connectivity index (χ1v) is 10.8. The van der Waals surface area contributed by atoms with Crippen LogP contribution >= 0.6 is 0 Å². The van der Waals surface area contributed by atoms with Crippen LogP contribution in [0.3, 0.4) is 0 Å². The number of nitrogens with one attached hydrogen (secondary N) is 1. The number of nitrogens with zero attached hydrogens (tertiary/aromatic N) is 4. The topological polar surface area (TPSA) is 88.8 Å². The van der Waals surface area contributed by atoms with Gasteiger partial charge in [-0.15, -0.1) is 13.2 Å². The van der Waals surface area contributed by atoms with Gasteiger partial charge < -0.3 is 15.0 Å². The van der Waals surface area contributed by atoms with Crippen molar-refractivity contribution in [3.05, 3.63) is 53.3 Å². The summed E-state index contributed by atoms with van der Waals surface area (Å²) in [6.45, 7) is 4.77. The van der Waals surface area contributed by atoms with Crippen molar-refractivity contribution < 1.29 is 27.5 Å². The number of hydrogen-bond donors (Lipinski definition) is 1. The van der Waals surface area contributed by atoms with Gasteiger partial charge in [-0.1, -0.05) is 0 Å². The van der Waals surface area contributed by atoms with Crippen molar-refractivity contribution in [2.75, 3.05) is 18.0 Å². The largest absolute Gasteiger partial charge is 0.573 e. The van der Waals surface area contributed by atoms with Gasteiger partial charge in [0, 0.05) is 43.8 Å². The zero-order valence-corrected chi connectivity index (χ0v) is 18.7. The van der Waals surface area contributed by atoms with E-state index in [0.717, 1.165) is 36.5 Å². The Labute approximate surface area is 193 Å². The van der Waals surface area contributed by atoms with Gasteiger partial charge in [0.1, 0.15) is 11.6 Å². The van der Waals surface area contributed by atoms with E-state index in [1.54, 1.807) is 4.52 Å². The molecule has 1 aromatic carbocycles. The van der Waals surface area contributed by atoms with Gasteiger partial charge in [-0.25, -0.2) is 4.98 Å². The van der Waals surface area contributed by atoms with Crippen LogP contribution in [-0.4, -0.2) is 51.8 Å². The molecule has 34 heavy (non-hydrogen) atoms. The number of alkyl halides is 3. The molecule has 3 aromatic rings. The Morgan fingerprint density at radius 3 is 2.44 bits per heavy atom. The van der Waals surface area contributed by atoms with E-state index in [2.05, 4.69) is 25.0 Å². The molecule has 1 fully saturated rings. The number of halogens is 3. The number of piperidine rings is 1. The standard InChI is InChI=1S/C23H24F3N5O3/c1-14-11-21-28-18(12-20(33)16-3-5-19(6-4-16)34-23(24,25)26)13-22(31(21)29-14)30-9-7-17(8-10-30)27-15(2)32/h3-6,11,13,17H,7-10,12H2,1-2H3,(H,27,32). The molecular formula is C23H24F3N5O3. The molecule has 11 heteroatoms. The number of carbonyl (C=O) groups is 2. The highest BCUT2D eigenvalue weighted by atomic mass is 19.4. The third kappa shape index (κ3) is 5.64. The van der Waals surface area contributed by atoms with E-state index < -0.39 is 6.36 Å². The lowest BCUT2D eigenvalue weighted by molar-refractivity contribution is -0.274. The van der Waals surface area contributed by atoms with E-state index in [0.29, 0.717) is 24.4 Å². The molecule has 8 nitrogen and oxygen atoms in total. The molecule has 0 atom stereocenters. The van der Waals surface area contributed by atoms with E-state index in [4.69, 9.17) is 0 Å². The SMILES string of the molecule is CC(=O)NC1CCN(c2cc(CC(=O)c3ccc(OC(F)(F)F)cc3)nc3cc(C)nn23)CC1. The normalized spacial score (nSPS) is 14.9. The van der Waals surface area contributed by atoms with Crippen LogP contribution in [0.4, 0.5) is 19.0 Å². The lowest BCUT2D eigenvalue weighted by atomic mass is 10.0. The smallest absolute Gasteiger partial charge is 0.406 e. The number of rotatable bonds is 6. The minimum Gasteiger partial charge on any atom is -0.406 e. The minimum absolute atomic E-state index is 0.0183. The van der Waals surface area contributed by atoms with Crippen molar-refractivity contribution in [1.82, 2.24) is 19.9 Å². The lowest BCUT2D eigenvalue weighted by Crippen LogP contribution is -2.44. The number of ketones is 1. The third-order valence-corrected chi connectivity index (χ3v) is 5.56. The second-order valence-electron chi connectivity index (χ2n) is 8.30. The van der Waals surface area contributed by atoms with Gasteiger partial charge in [0.15, 0.2) is 11.4 Å². The monoisotopic (exact) mass is 475 g/mol. The van der Waals surface area contributed by atoms with E-state index in [9.17, 15) is 22.8 Å². The van der Waals surface area contributed by atoms with Crippen molar-refractivity contribution in [1.29, 1.82) is 0 Å². The quantitative estimate of drug-likeness (QED) is 0.550. The maximum Gasteiger partial charge on any atom is 0.573 e. The fourth-order valence-corrected chi connectivity index (χ4v) is 4.09. The summed E-state index contributed by atoms with van der Waals surface area (Å²) >= 11 is 0. The first kappa shape index (κ1) is 23.5. The Kier molecular flexibility index (Phi) is 6.45. The van der Waals surface area contributed by atoms with E-state index >= 15 is 0 Å². The van der Waals surface area contributed by atoms with Crippen LogP contribution in [0.25, 0.3) is 5.65 Å². The number of ether oxygens (including phenoxy) is 1. The van der Waals surface area contributed by atoms with Gasteiger partial charge >= 0.3 is 6.36 Å². The zero-order chi connectivity index (χ0) is 24.5. The minimum atomic E-state index is -4.79. The Morgan fingerprint density at radius 1 is 1.15 bits per heavy atom. The summed E-state index contributed by atoms with van der Waals surface area (Å²) in [6, 6.07) is 8.60. The summed E-state index contributed by atoms with van der Waals surface area (Å²) in [6.07, 6.45) is -3.24. The van der Waals surface area contributed by atoms with Crippen molar-refractivity contribution in [2.45, 2.75) is 45.5 Å². The molecule has 0 unspecified atom stereocenters. The first-order valence-electron chi connectivity index (χ1n) is 10.8. The summed E-state index contributed by atoms with van der Waals surface area (Å²) in [5, 5.41) is 7.48. The predicted molar refractivity (Wildman–Crippen MR) is 118 cm³/mol. The number of carbonyl (C=O) groups excluding carboxylic acids is 2. The van der Waals surface area contributed by atoms with Crippen LogP contribution in [0.1, 0.15) is 41.5 Å². The maximum atomic E-state index is 12.8. The van der Waals surface area contributed by atoms with Crippen molar-refractivity contribution in [3.8, 4) is 5.75 Å². The average Bonchev–Trinajstić information content (AvgIpc) is 3.13. The van der Waals surface area contributed by atoms with E-state index in [1.165, 1.54) is 19.1 Å². The molecule has 0 saturated carbocycles. The average molecular weight is 475 g/mol. The van der Waals surface area contributed by atoms with E-state index in [1.807, 2.05) is 19.1 Å². The summed E-state index contributed by atoms with van der Waals surface area (Å²) in [7, 11) is 0. The van der Waals surface area contributed by atoms with Gasteiger partial charge in [0.25, 0.3) is 0 Å². The fraction of sp³-hybridized carbons (Fsp3) is 0.391. The van der Waals surface area contributed by atoms with Crippen LogP contribution in [0.5, 0.6) is 5.75 Å². The van der Waals surface area contributed by atoms with Crippen molar-refractivity contribution in [3.63, 3.8) is 0 Å². The maximum absolute atomic E-state index is 12.8. The van der Waals surface area contributed by atoms with Crippen LogP contribution in [-0.2, 0) is 11.2 Å². The Hall–Kier alpha value is -3.63. The number of hydrogen-bond acceptors (Lipinski definition) is 6. The highest BCUT2D eigenvalue weighted by Crippen LogP contribution is 2.25. The number of anilines is 1.